The van der Waals surface area contributed by atoms with Gasteiger partial charge in [-0.3, -0.25) is 0 Å². The van der Waals surface area contributed by atoms with Crippen LogP contribution in [-0.4, -0.2) is 38.3 Å². The number of hydrogen-bond acceptors (Lipinski definition) is 5. The van der Waals surface area contributed by atoms with E-state index in [1.165, 1.54) is 24.3 Å². The van der Waals surface area contributed by atoms with Crippen LogP contribution in [0.4, 0.5) is 22.0 Å². The maximum atomic E-state index is 15.3. The zero-order valence-corrected chi connectivity index (χ0v) is 22.8. The van der Waals surface area contributed by atoms with Crippen LogP contribution in [0.1, 0.15) is 39.3 Å². The number of halogens is 6. The second-order valence-electron chi connectivity index (χ2n) is 10.1. The first-order valence-electron chi connectivity index (χ1n) is 13.1. The van der Waals surface area contributed by atoms with Crippen LogP contribution >= 0.6 is 11.6 Å². The quantitative estimate of drug-likeness (QED) is 0.186. The van der Waals surface area contributed by atoms with Gasteiger partial charge in [-0.15, -0.1) is 0 Å². The van der Waals surface area contributed by atoms with E-state index in [0.717, 1.165) is 24.6 Å². The third kappa shape index (κ3) is 5.72. The number of nitrogens with zero attached hydrogens (tertiary/aromatic N) is 3. The van der Waals surface area contributed by atoms with Gasteiger partial charge in [0.2, 0.25) is 5.88 Å². The number of aromatic nitrogens is 3. The van der Waals surface area contributed by atoms with E-state index in [0.29, 0.717) is 18.0 Å². The van der Waals surface area contributed by atoms with Gasteiger partial charge in [0.25, 0.3) is 0 Å². The molecule has 222 valence electrons. The fourth-order valence-electron chi connectivity index (χ4n) is 4.94. The summed E-state index contributed by atoms with van der Waals surface area (Å²) in [7, 11) is 0. The van der Waals surface area contributed by atoms with E-state index in [-0.39, 0.29) is 51.6 Å². The largest absolute Gasteiger partial charge is 0.478 e. The van der Waals surface area contributed by atoms with E-state index in [1.807, 2.05) is 0 Å². The number of pyridine rings is 1. The Morgan fingerprint density at radius 2 is 1.86 bits per heavy atom. The van der Waals surface area contributed by atoms with Crippen molar-refractivity contribution in [2.24, 2.45) is 0 Å². The molecule has 0 amide bonds. The summed E-state index contributed by atoms with van der Waals surface area (Å²) in [5.41, 5.74) is -0.535. The minimum atomic E-state index is -4.79. The second kappa shape index (κ2) is 11.1. The molecule has 1 saturated heterocycles. The summed E-state index contributed by atoms with van der Waals surface area (Å²) < 4.78 is 83.7. The molecule has 3 aromatic carbocycles. The molecule has 0 aliphatic carbocycles. The zero-order chi connectivity index (χ0) is 30.5. The Bertz CT molecular complexity index is 1890. The van der Waals surface area contributed by atoms with Gasteiger partial charge in [0.15, 0.2) is 5.82 Å². The lowest BCUT2D eigenvalue weighted by Gasteiger charge is -2.27. The number of aromatic carboxylic acids is 1. The Kier molecular flexibility index (Phi) is 7.43. The molecular weight excluding hydrogens is 597 g/mol. The highest BCUT2D eigenvalue weighted by Gasteiger charge is 2.36. The van der Waals surface area contributed by atoms with Crippen LogP contribution in [-0.2, 0) is 30.5 Å². The van der Waals surface area contributed by atoms with Gasteiger partial charge in [0.1, 0.15) is 29.3 Å². The van der Waals surface area contributed by atoms with Gasteiger partial charge >= 0.3 is 12.1 Å². The average Bonchev–Trinajstić information content (AvgIpc) is 3.26. The Hall–Kier alpha value is -4.29. The van der Waals surface area contributed by atoms with Crippen LogP contribution in [0.15, 0.2) is 54.6 Å². The first-order valence-corrected chi connectivity index (χ1v) is 13.5. The molecule has 0 unspecified atom stereocenters. The second-order valence-corrected chi connectivity index (χ2v) is 10.5. The van der Waals surface area contributed by atoms with Crippen LogP contribution in [0.3, 0.4) is 0 Å². The summed E-state index contributed by atoms with van der Waals surface area (Å²) in [4.78, 5) is 20.2. The number of benzene rings is 3. The lowest BCUT2D eigenvalue weighted by Crippen LogP contribution is -2.32. The van der Waals surface area contributed by atoms with E-state index in [2.05, 4.69) is 9.97 Å². The van der Waals surface area contributed by atoms with E-state index < -0.39 is 47.4 Å². The SMILES string of the molecule is O=C(O)c1ccc2nc(Cc3ccc4cc(C(F)(F)F)c(OCc5ccc(Cl)cc5F)nc4c3)n(C[C@@H]3CCO3)c2c1F. The number of hydrogen-bond donors (Lipinski definition) is 1. The summed E-state index contributed by atoms with van der Waals surface area (Å²) in [6.45, 7) is 0.286. The highest BCUT2D eigenvalue weighted by Crippen LogP contribution is 2.38. The van der Waals surface area contributed by atoms with E-state index >= 15 is 4.39 Å². The van der Waals surface area contributed by atoms with Gasteiger partial charge in [-0.1, -0.05) is 29.8 Å². The van der Waals surface area contributed by atoms with Crippen molar-refractivity contribution in [2.45, 2.75) is 38.3 Å². The number of alkyl halides is 3. The third-order valence-electron chi connectivity index (χ3n) is 7.23. The Labute approximate surface area is 245 Å². The smallest absolute Gasteiger partial charge is 0.421 e. The zero-order valence-electron chi connectivity index (χ0n) is 22.1. The van der Waals surface area contributed by atoms with Crippen LogP contribution in [0.2, 0.25) is 5.02 Å². The van der Waals surface area contributed by atoms with E-state index in [4.69, 9.17) is 21.1 Å². The number of carbonyl (C=O) groups is 1. The lowest BCUT2D eigenvalue weighted by atomic mass is 10.1. The van der Waals surface area contributed by atoms with Crippen molar-refractivity contribution in [3.63, 3.8) is 0 Å². The minimum Gasteiger partial charge on any atom is -0.478 e. The van der Waals surface area contributed by atoms with Crippen LogP contribution < -0.4 is 4.74 Å². The van der Waals surface area contributed by atoms with Crippen molar-refractivity contribution < 1.29 is 41.3 Å². The van der Waals surface area contributed by atoms with Crippen LogP contribution in [0.25, 0.3) is 21.9 Å². The van der Waals surface area contributed by atoms with Crippen molar-refractivity contribution in [2.75, 3.05) is 6.61 Å². The summed E-state index contributed by atoms with van der Waals surface area (Å²) in [6.07, 6.45) is -4.12. The molecule has 0 radical (unpaired) electrons. The lowest BCUT2D eigenvalue weighted by molar-refractivity contribution is -0.139. The molecule has 1 atom stereocenters. The maximum Gasteiger partial charge on any atom is 0.421 e. The summed E-state index contributed by atoms with van der Waals surface area (Å²) in [5.74, 6) is -3.37. The predicted octanol–water partition coefficient (Wildman–Crippen LogP) is 7.19. The van der Waals surface area contributed by atoms with Crippen LogP contribution in [0, 0.1) is 11.6 Å². The van der Waals surface area contributed by atoms with Crippen molar-refractivity contribution in [3.05, 3.63) is 99.3 Å². The Balaban J connectivity index is 1.37. The molecule has 7 nitrogen and oxygen atoms in total. The molecule has 1 N–H and O–H groups in total. The Morgan fingerprint density at radius 1 is 1.07 bits per heavy atom. The molecule has 5 aromatic rings. The van der Waals surface area contributed by atoms with E-state index in [1.54, 1.807) is 16.7 Å². The van der Waals surface area contributed by atoms with Gasteiger partial charge < -0.3 is 19.1 Å². The number of carboxylic acids is 1. The number of carboxylic acid groups (broad SMARTS) is 1. The predicted molar refractivity (Wildman–Crippen MR) is 146 cm³/mol. The molecule has 13 heteroatoms. The number of rotatable bonds is 8. The minimum absolute atomic E-state index is 0.000745. The standard InChI is InChI=1S/C30H21ClF5N3O4/c31-18-4-3-17(22(32)12-18)14-43-28-21(30(34,35)36)11-16-2-1-15(9-24(16)38-28)10-25-37-23-6-5-20(29(40)41)26(33)27(23)39(25)13-19-7-8-42-19/h1-6,9,11-12,19H,7-8,10,13-14H2,(H,40,41)/t19-/m0/s1. The van der Waals surface area contributed by atoms with Gasteiger partial charge in [0.05, 0.1) is 29.2 Å². The molecule has 2 aromatic heterocycles. The first kappa shape index (κ1) is 28.8. The fraction of sp³-hybridized carbons (Fsp3) is 0.233. The van der Waals surface area contributed by atoms with Crippen LogP contribution in [0.5, 0.6) is 5.88 Å². The summed E-state index contributed by atoms with van der Waals surface area (Å²) in [5, 5.41) is 9.73. The van der Waals surface area contributed by atoms with Crippen molar-refractivity contribution in [1.29, 1.82) is 0 Å². The maximum absolute atomic E-state index is 15.3. The summed E-state index contributed by atoms with van der Waals surface area (Å²) >= 11 is 5.76. The van der Waals surface area contributed by atoms with Gasteiger partial charge in [0, 0.05) is 29.0 Å². The molecule has 1 aliphatic rings. The normalized spacial score (nSPS) is 15.2. The highest BCUT2D eigenvalue weighted by atomic mass is 35.5. The van der Waals surface area contributed by atoms with E-state index in [9.17, 15) is 27.5 Å². The Morgan fingerprint density at radius 3 is 2.53 bits per heavy atom. The average molecular weight is 618 g/mol. The molecule has 0 spiro atoms. The molecular formula is C30H21ClF5N3O4. The number of imidazole rings is 1. The summed E-state index contributed by atoms with van der Waals surface area (Å²) in [6, 6.07) is 11.9. The van der Waals surface area contributed by atoms with Gasteiger partial charge in [-0.05, 0) is 48.4 Å². The molecule has 43 heavy (non-hydrogen) atoms. The molecule has 6 rings (SSSR count). The molecule has 1 aliphatic heterocycles. The fourth-order valence-corrected chi connectivity index (χ4v) is 5.10. The topological polar surface area (TPSA) is 86.5 Å². The van der Waals surface area contributed by atoms with Crippen molar-refractivity contribution in [1.82, 2.24) is 14.5 Å². The monoisotopic (exact) mass is 617 g/mol. The van der Waals surface area contributed by atoms with Gasteiger partial charge in [-0.2, -0.15) is 13.2 Å². The van der Waals surface area contributed by atoms with Crippen molar-refractivity contribution in [3.8, 4) is 5.88 Å². The number of ether oxygens (including phenoxy) is 2. The first-order chi connectivity index (χ1) is 20.5. The molecule has 3 heterocycles. The molecule has 0 bridgehead atoms. The molecule has 0 saturated carbocycles. The third-order valence-corrected chi connectivity index (χ3v) is 7.47. The molecule has 1 fully saturated rings. The number of fused-ring (bicyclic) bond motifs is 2. The van der Waals surface area contributed by atoms with Gasteiger partial charge in [-0.25, -0.2) is 23.5 Å². The van der Waals surface area contributed by atoms with Crippen molar-refractivity contribution >= 4 is 39.5 Å². The highest BCUT2D eigenvalue weighted by molar-refractivity contribution is 6.30.